The van der Waals surface area contributed by atoms with E-state index < -0.39 is 0 Å². The average Bonchev–Trinajstić information content (AvgIpc) is 2.46. The standard InChI is InChI=1S/C15H20FN3/c16-13-6-7-14(12(8-13)9-17)19-15(10-18)11-4-2-1-3-5-11/h6-8,11,15,19H,1-5,10,18H2. The molecule has 1 aromatic rings. The van der Waals surface area contributed by atoms with Gasteiger partial charge in [0, 0.05) is 12.6 Å². The number of nitriles is 1. The SMILES string of the molecule is N#Cc1cc(F)ccc1NC(CN)C1CCCCC1. The van der Waals surface area contributed by atoms with Crippen molar-refractivity contribution in [1.29, 1.82) is 5.26 Å². The van der Waals surface area contributed by atoms with Gasteiger partial charge in [-0.2, -0.15) is 5.26 Å². The zero-order chi connectivity index (χ0) is 13.7. The molecule has 2 rings (SSSR count). The minimum Gasteiger partial charge on any atom is -0.380 e. The van der Waals surface area contributed by atoms with E-state index in [2.05, 4.69) is 5.32 Å². The van der Waals surface area contributed by atoms with Gasteiger partial charge >= 0.3 is 0 Å². The van der Waals surface area contributed by atoms with Gasteiger partial charge in [-0.25, -0.2) is 4.39 Å². The second-order valence-electron chi connectivity index (χ2n) is 5.19. The van der Waals surface area contributed by atoms with E-state index in [-0.39, 0.29) is 11.9 Å². The maximum absolute atomic E-state index is 13.1. The Bertz CT molecular complexity index is 461. The van der Waals surface area contributed by atoms with Crippen LogP contribution in [0.3, 0.4) is 0 Å². The fraction of sp³-hybridized carbons (Fsp3) is 0.533. The van der Waals surface area contributed by atoms with Crippen LogP contribution in [0.15, 0.2) is 18.2 Å². The molecule has 102 valence electrons. The fourth-order valence-corrected chi connectivity index (χ4v) is 2.84. The van der Waals surface area contributed by atoms with E-state index >= 15 is 0 Å². The molecule has 0 heterocycles. The predicted octanol–water partition coefficient (Wildman–Crippen LogP) is 3.02. The van der Waals surface area contributed by atoms with Gasteiger partial charge in [-0.15, -0.1) is 0 Å². The van der Waals surface area contributed by atoms with Gasteiger partial charge < -0.3 is 11.1 Å². The van der Waals surface area contributed by atoms with Gasteiger partial charge in [-0.05, 0) is 37.0 Å². The zero-order valence-electron chi connectivity index (χ0n) is 11.0. The van der Waals surface area contributed by atoms with Crippen LogP contribution in [0.4, 0.5) is 10.1 Å². The lowest BCUT2D eigenvalue weighted by Gasteiger charge is -2.31. The van der Waals surface area contributed by atoms with Gasteiger partial charge in [0.15, 0.2) is 0 Å². The number of nitrogens with two attached hydrogens (primary N) is 1. The van der Waals surface area contributed by atoms with Crippen molar-refractivity contribution in [1.82, 2.24) is 0 Å². The van der Waals surface area contributed by atoms with Crippen molar-refractivity contribution in [2.24, 2.45) is 11.7 Å². The molecule has 1 aromatic carbocycles. The van der Waals surface area contributed by atoms with Gasteiger partial charge in [-0.3, -0.25) is 0 Å². The normalized spacial score (nSPS) is 17.7. The van der Waals surface area contributed by atoms with Gasteiger partial charge in [-0.1, -0.05) is 19.3 Å². The second kappa shape index (κ2) is 6.53. The summed E-state index contributed by atoms with van der Waals surface area (Å²) in [5.41, 5.74) is 6.88. The first-order valence-electron chi connectivity index (χ1n) is 6.91. The molecule has 1 saturated carbocycles. The summed E-state index contributed by atoms with van der Waals surface area (Å²) in [6, 6.07) is 6.45. The second-order valence-corrected chi connectivity index (χ2v) is 5.19. The predicted molar refractivity (Wildman–Crippen MR) is 74.2 cm³/mol. The number of nitrogens with one attached hydrogen (secondary N) is 1. The lowest BCUT2D eigenvalue weighted by atomic mass is 9.83. The van der Waals surface area contributed by atoms with Crippen molar-refractivity contribution in [3.8, 4) is 6.07 Å². The highest BCUT2D eigenvalue weighted by Crippen LogP contribution is 2.28. The molecule has 0 amide bonds. The fourth-order valence-electron chi connectivity index (χ4n) is 2.84. The van der Waals surface area contributed by atoms with E-state index in [0.29, 0.717) is 23.7 Å². The number of anilines is 1. The first-order valence-corrected chi connectivity index (χ1v) is 6.91. The molecule has 4 heteroatoms. The Labute approximate surface area is 113 Å². The van der Waals surface area contributed by atoms with E-state index in [0.717, 1.165) is 0 Å². The van der Waals surface area contributed by atoms with Crippen LogP contribution in [0.2, 0.25) is 0 Å². The van der Waals surface area contributed by atoms with E-state index in [9.17, 15) is 4.39 Å². The lowest BCUT2D eigenvalue weighted by Crippen LogP contribution is -2.37. The highest BCUT2D eigenvalue weighted by atomic mass is 19.1. The molecule has 1 aliphatic rings. The molecule has 0 spiro atoms. The molecule has 0 radical (unpaired) electrons. The Balaban J connectivity index is 2.11. The van der Waals surface area contributed by atoms with Crippen LogP contribution < -0.4 is 11.1 Å². The largest absolute Gasteiger partial charge is 0.380 e. The topological polar surface area (TPSA) is 61.8 Å². The number of hydrogen-bond acceptors (Lipinski definition) is 3. The van der Waals surface area contributed by atoms with Crippen LogP contribution >= 0.6 is 0 Å². The molecular weight excluding hydrogens is 241 g/mol. The molecule has 1 aliphatic carbocycles. The van der Waals surface area contributed by atoms with Crippen molar-refractivity contribution in [2.45, 2.75) is 38.1 Å². The summed E-state index contributed by atoms with van der Waals surface area (Å²) < 4.78 is 13.1. The Morgan fingerprint density at radius 1 is 1.37 bits per heavy atom. The van der Waals surface area contributed by atoms with Crippen molar-refractivity contribution in [3.05, 3.63) is 29.6 Å². The molecule has 1 atom stereocenters. The summed E-state index contributed by atoms with van der Waals surface area (Å²) in [6.07, 6.45) is 6.15. The summed E-state index contributed by atoms with van der Waals surface area (Å²) in [7, 11) is 0. The number of rotatable bonds is 4. The zero-order valence-corrected chi connectivity index (χ0v) is 11.0. The van der Waals surface area contributed by atoms with Gasteiger partial charge in [0.2, 0.25) is 0 Å². The highest BCUT2D eigenvalue weighted by Gasteiger charge is 2.23. The van der Waals surface area contributed by atoms with E-state index in [1.165, 1.54) is 44.2 Å². The first-order chi connectivity index (χ1) is 9.24. The number of benzene rings is 1. The molecule has 0 saturated heterocycles. The molecule has 3 nitrogen and oxygen atoms in total. The van der Waals surface area contributed by atoms with Crippen molar-refractivity contribution in [3.63, 3.8) is 0 Å². The number of nitrogens with zero attached hydrogens (tertiary/aromatic N) is 1. The summed E-state index contributed by atoms with van der Waals surface area (Å²) in [4.78, 5) is 0. The molecule has 0 bridgehead atoms. The molecule has 1 fully saturated rings. The maximum Gasteiger partial charge on any atom is 0.124 e. The van der Waals surface area contributed by atoms with Gasteiger partial charge in [0.25, 0.3) is 0 Å². The Morgan fingerprint density at radius 3 is 2.74 bits per heavy atom. The molecule has 0 aromatic heterocycles. The summed E-state index contributed by atoms with van der Waals surface area (Å²) in [6.45, 7) is 0.535. The first kappa shape index (κ1) is 13.8. The number of hydrogen-bond donors (Lipinski definition) is 2. The smallest absolute Gasteiger partial charge is 0.124 e. The van der Waals surface area contributed by atoms with Crippen LogP contribution in [-0.2, 0) is 0 Å². The summed E-state index contributed by atoms with van der Waals surface area (Å²) in [5.74, 6) is 0.166. The van der Waals surface area contributed by atoms with E-state index in [1.54, 1.807) is 6.07 Å². The molecule has 3 N–H and O–H groups in total. The van der Waals surface area contributed by atoms with Crippen LogP contribution in [0.25, 0.3) is 0 Å². The third kappa shape index (κ3) is 3.45. The molecule has 19 heavy (non-hydrogen) atoms. The lowest BCUT2D eigenvalue weighted by molar-refractivity contribution is 0.320. The van der Waals surface area contributed by atoms with Crippen LogP contribution in [0.1, 0.15) is 37.7 Å². The third-order valence-corrected chi connectivity index (χ3v) is 3.92. The quantitative estimate of drug-likeness (QED) is 0.875. The van der Waals surface area contributed by atoms with Crippen LogP contribution in [0, 0.1) is 23.1 Å². The minimum atomic E-state index is -0.385. The Hall–Kier alpha value is -1.60. The van der Waals surface area contributed by atoms with Gasteiger partial charge in [0.05, 0.1) is 11.3 Å². The Kier molecular flexibility index (Phi) is 4.75. The minimum absolute atomic E-state index is 0.165. The molecular formula is C15H20FN3. The van der Waals surface area contributed by atoms with Crippen molar-refractivity contribution in [2.75, 3.05) is 11.9 Å². The highest BCUT2D eigenvalue weighted by molar-refractivity contribution is 5.58. The molecule has 1 unspecified atom stereocenters. The average molecular weight is 261 g/mol. The monoisotopic (exact) mass is 261 g/mol. The van der Waals surface area contributed by atoms with Crippen LogP contribution in [0.5, 0.6) is 0 Å². The summed E-state index contributed by atoms with van der Waals surface area (Å²) >= 11 is 0. The van der Waals surface area contributed by atoms with Crippen LogP contribution in [-0.4, -0.2) is 12.6 Å². The van der Waals surface area contributed by atoms with E-state index in [1.807, 2.05) is 6.07 Å². The number of halogens is 1. The van der Waals surface area contributed by atoms with Crippen molar-refractivity contribution >= 4 is 5.69 Å². The molecule has 0 aliphatic heterocycles. The van der Waals surface area contributed by atoms with Crippen molar-refractivity contribution < 1.29 is 4.39 Å². The van der Waals surface area contributed by atoms with Gasteiger partial charge in [0.1, 0.15) is 11.9 Å². The third-order valence-electron chi connectivity index (χ3n) is 3.92. The Morgan fingerprint density at radius 2 is 2.11 bits per heavy atom. The van der Waals surface area contributed by atoms with E-state index in [4.69, 9.17) is 11.0 Å². The maximum atomic E-state index is 13.1. The summed E-state index contributed by atoms with van der Waals surface area (Å²) in [5, 5.41) is 12.4.